The van der Waals surface area contributed by atoms with E-state index in [2.05, 4.69) is 0 Å². The lowest BCUT2D eigenvalue weighted by Gasteiger charge is -2.25. The zero-order valence-electron chi connectivity index (χ0n) is 17.0. The van der Waals surface area contributed by atoms with E-state index in [9.17, 15) is 19.8 Å². The average Bonchev–Trinajstić information content (AvgIpc) is 3.11. The third-order valence-corrected chi connectivity index (χ3v) is 5.89. The Morgan fingerprint density at radius 1 is 1.00 bits per heavy atom. The van der Waals surface area contributed by atoms with Crippen LogP contribution in [-0.2, 0) is 22.4 Å². The van der Waals surface area contributed by atoms with Gasteiger partial charge in [0, 0.05) is 0 Å². The maximum Gasteiger partial charge on any atom is 0.344 e. The van der Waals surface area contributed by atoms with Gasteiger partial charge < -0.3 is 24.1 Å². The number of aliphatic hydroxyl groups is 1. The van der Waals surface area contributed by atoms with Gasteiger partial charge in [-0.1, -0.05) is 26.0 Å². The Morgan fingerprint density at radius 3 is 2.45 bits per heavy atom. The van der Waals surface area contributed by atoms with E-state index >= 15 is 0 Å². The van der Waals surface area contributed by atoms with Crippen molar-refractivity contribution in [1.29, 1.82) is 0 Å². The zero-order chi connectivity index (χ0) is 21.9. The molecule has 158 valence electrons. The summed E-state index contributed by atoms with van der Waals surface area (Å²) in [5, 5.41) is 21.9. The van der Waals surface area contributed by atoms with Crippen LogP contribution >= 0.6 is 0 Å². The van der Waals surface area contributed by atoms with Crippen LogP contribution in [0.2, 0.25) is 0 Å². The van der Waals surface area contributed by atoms with Crippen LogP contribution in [0.1, 0.15) is 42.0 Å². The predicted octanol–water partition coefficient (Wildman–Crippen LogP) is 3.39. The summed E-state index contributed by atoms with van der Waals surface area (Å²) in [5.74, 6) is -1.96. The fourth-order valence-corrected chi connectivity index (χ4v) is 4.20. The van der Waals surface area contributed by atoms with Gasteiger partial charge in [0.25, 0.3) is 0 Å². The molecule has 0 saturated heterocycles. The maximum absolute atomic E-state index is 12.9. The van der Waals surface area contributed by atoms with Crippen LogP contribution in [0.4, 0.5) is 0 Å². The lowest BCUT2D eigenvalue weighted by atomic mass is 9.88. The lowest BCUT2D eigenvalue weighted by molar-refractivity contribution is -0.136. The molecule has 2 aromatic carbocycles. The molecule has 2 unspecified atom stereocenters. The van der Waals surface area contributed by atoms with E-state index in [0.717, 1.165) is 17.5 Å². The van der Waals surface area contributed by atoms with Crippen LogP contribution in [0.5, 0.6) is 11.5 Å². The molecule has 0 spiro atoms. The SMILES string of the molecule is CCc1ccc2c(c1)C1=C(C(O)O2)C(c2c(O)c3cc(CC)ccc3oc2=O)C(=O)O1. The molecule has 3 aromatic rings. The quantitative estimate of drug-likeness (QED) is 0.494. The van der Waals surface area contributed by atoms with E-state index < -0.39 is 23.8 Å². The first-order valence-corrected chi connectivity index (χ1v) is 10.1. The molecule has 0 aliphatic carbocycles. The van der Waals surface area contributed by atoms with Gasteiger partial charge in [-0.2, -0.15) is 0 Å². The van der Waals surface area contributed by atoms with E-state index in [-0.39, 0.29) is 28.2 Å². The summed E-state index contributed by atoms with van der Waals surface area (Å²) < 4.78 is 16.5. The van der Waals surface area contributed by atoms with E-state index in [0.29, 0.717) is 23.1 Å². The number of ether oxygens (including phenoxy) is 2. The average molecular weight is 420 g/mol. The molecule has 2 atom stereocenters. The van der Waals surface area contributed by atoms with Gasteiger partial charge in [-0.05, 0) is 48.2 Å². The fourth-order valence-electron chi connectivity index (χ4n) is 4.20. The minimum Gasteiger partial charge on any atom is -0.507 e. The smallest absolute Gasteiger partial charge is 0.344 e. The molecule has 2 aliphatic heterocycles. The van der Waals surface area contributed by atoms with Crippen LogP contribution in [0, 0.1) is 0 Å². The monoisotopic (exact) mass is 420 g/mol. The van der Waals surface area contributed by atoms with Crippen molar-refractivity contribution in [2.45, 2.75) is 38.9 Å². The number of carbonyl (C=O) groups is 1. The first kappa shape index (κ1) is 19.4. The molecule has 5 rings (SSSR count). The van der Waals surface area contributed by atoms with Crippen molar-refractivity contribution in [3.8, 4) is 11.5 Å². The maximum atomic E-state index is 12.9. The van der Waals surface area contributed by atoms with Crippen molar-refractivity contribution < 1.29 is 28.9 Å². The molecule has 2 aliphatic rings. The molecule has 31 heavy (non-hydrogen) atoms. The molecular formula is C24H20O7. The summed E-state index contributed by atoms with van der Waals surface area (Å²) >= 11 is 0. The summed E-state index contributed by atoms with van der Waals surface area (Å²) in [6.45, 7) is 3.95. The third-order valence-electron chi connectivity index (χ3n) is 5.89. The Hall–Kier alpha value is -3.58. The Bertz CT molecular complexity index is 1330. The number of aryl methyl sites for hydroxylation is 2. The van der Waals surface area contributed by atoms with Gasteiger partial charge in [-0.25, -0.2) is 4.79 Å². The molecule has 1 aromatic heterocycles. The fraction of sp³-hybridized carbons (Fsp3) is 0.250. The molecule has 7 heteroatoms. The van der Waals surface area contributed by atoms with Crippen LogP contribution in [-0.4, -0.2) is 22.5 Å². The number of aromatic hydroxyl groups is 1. The normalized spacial score (nSPS) is 19.8. The molecule has 0 fully saturated rings. The summed E-state index contributed by atoms with van der Waals surface area (Å²) in [6.07, 6.45) is -0.0406. The summed E-state index contributed by atoms with van der Waals surface area (Å²) in [7, 11) is 0. The van der Waals surface area contributed by atoms with Crippen LogP contribution < -0.4 is 10.4 Å². The van der Waals surface area contributed by atoms with E-state index in [1.165, 1.54) is 0 Å². The second-order valence-corrected chi connectivity index (χ2v) is 7.63. The van der Waals surface area contributed by atoms with Crippen molar-refractivity contribution in [2.75, 3.05) is 0 Å². The number of aliphatic hydroxyl groups excluding tert-OH is 1. The Morgan fingerprint density at radius 2 is 1.71 bits per heavy atom. The topological polar surface area (TPSA) is 106 Å². The van der Waals surface area contributed by atoms with Gasteiger partial charge in [-0.15, -0.1) is 0 Å². The first-order valence-electron chi connectivity index (χ1n) is 10.1. The zero-order valence-corrected chi connectivity index (χ0v) is 17.0. The highest BCUT2D eigenvalue weighted by atomic mass is 16.6. The number of benzene rings is 2. The summed E-state index contributed by atoms with van der Waals surface area (Å²) in [5.41, 5.74) is 1.60. The van der Waals surface area contributed by atoms with Gasteiger partial charge in [0.1, 0.15) is 28.8 Å². The molecule has 0 radical (unpaired) electrons. The van der Waals surface area contributed by atoms with Gasteiger partial charge in [-0.3, -0.25) is 4.79 Å². The Balaban J connectivity index is 1.74. The van der Waals surface area contributed by atoms with Crippen molar-refractivity contribution >= 4 is 22.7 Å². The number of hydrogen-bond donors (Lipinski definition) is 2. The second-order valence-electron chi connectivity index (χ2n) is 7.63. The van der Waals surface area contributed by atoms with Crippen molar-refractivity contribution in [3.63, 3.8) is 0 Å². The number of hydrogen-bond acceptors (Lipinski definition) is 7. The van der Waals surface area contributed by atoms with E-state index in [4.69, 9.17) is 13.9 Å². The predicted molar refractivity (Wildman–Crippen MR) is 112 cm³/mol. The van der Waals surface area contributed by atoms with Gasteiger partial charge in [0.2, 0.25) is 6.29 Å². The van der Waals surface area contributed by atoms with Crippen LogP contribution in [0.3, 0.4) is 0 Å². The molecular weight excluding hydrogens is 400 g/mol. The minimum absolute atomic E-state index is 0.0827. The highest BCUT2D eigenvalue weighted by Gasteiger charge is 2.48. The van der Waals surface area contributed by atoms with Crippen molar-refractivity contribution in [2.24, 2.45) is 0 Å². The summed E-state index contributed by atoms with van der Waals surface area (Å²) in [4.78, 5) is 25.7. The second kappa shape index (κ2) is 6.99. The van der Waals surface area contributed by atoms with Crippen molar-refractivity contribution in [1.82, 2.24) is 0 Å². The largest absolute Gasteiger partial charge is 0.507 e. The Labute approximate surface area is 177 Å². The number of rotatable bonds is 3. The molecule has 7 nitrogen and oxygen atoms in total. The third kappa shape index (κ3) is 2.84. The van der Waals surface area contributed by atoms with Gasteiger partial charge in [0.15, 0.2) is 0 Å². The Kier molecular flexibility index (Phi) is 4.37. The van der Waals surface area contributed by atoms with Crippen molar-refractivity contribution in [3.05, 3.63) is 74.6 Å². The number of fused-ring (bicyclic) bond motifs is 3. The van der Waals surface area contributed by atoms with E-state index in [1.807, 2.05) is 26.0 Å². The van der Waals surface area contributed by atoms with Gasteiger partial charge in [0.05, 0.1) is 22.1 Å². The van der Waals surface area contributed by atoms with Crippen LogP contribution in [0.25, 0.3) is 16.7 Å². The van der Waals surface area contributed by atoms with E-state index in [1.54, 1.807) is 24.3 Å². The first-order chi connectivity index (χ1) is 14.9. The molecule has 3 heterocycles. The standard InChI is InChI=1S/C24H20O7/c1-3-11-5-7-15-13(9-11)20(25)18(23(27)29-15)17-19-21(31-22(17)26)14-10-12(4-2)6-8-16(14)30-24(19)28/h5-10,17,24-25,28H,3-4H2,1-2H3. The molecule has 0 saturated carbocycles. The highest BCUT2D eigenvalue weighted by Crippen LogP contribution is 2.49. The molecule has 2 N–H and O–H groups in total. The number of carbonyl (C=O) groups excluding carboxylic acids is 1. The summed E-state index contributed by atoms with van der Waals surface area (Å²) in [6, 6.07) is 10.5. The number of esters is 1. The minimum atomic E-state index is -1.51. The van der Waals surface area contributed by atoms with Gasteiger partial charge >= 0.3 is 11.6 Å². The lowest BCUT2D eigenvalue weighted by Crippen LogP contribution is -2.29. The van der Waals surface area contributed by atoms with Crippen LogP contribution in [0.15, 0.2) is 51.2 Å². The molecule has 0 bridgehead atoms. The molecule has 0 amide bonds. The highest BCUT2D eigenvalue weighted by molar-refractivity contribution is 5.98.